The summed E-state index contributed by atoms with van der Waals surface area (Å²) in [4.78, 5) is 30.0. The second-order valence-electron chi connectivity index (χ2n) is 6.69. The van der Waals surface area contributed by atoms with Gasteiger partial charge in [0, 0.05) is 16.8 Å². The number of carbonyl (C=O) groups excluding carboxylic acids is 2. The van der Waals surface area contributed by atoms with Gasteiger partial charge in [-0.1, -0.05) is 36.4 Å². The van der Waals surface area contributed by atoms with E-state index in [-0.39, 0.29) is 5.91 Å². The molecule has 5 nitrogen and oxygen atoms in total. The zero-order valence-corrected chi connectivity index (χ0v) is 15.1. The lowest BCUT2D eigenvalue weighted by Crippen LogP contribution is -2.30. The minimum atomic E-state index is -0.901. The standard InChI is InChI=1S/C22H20N2O3/c1-14(21(25)23-15-8-3-2-4-9-15)27-22(26)20-16-10-5-6-12-18(16)24-19-13-7-11-17(19)20/h2-6,8-10,12,14H,7,11,13H2,1H3,(H,23,25)/t14-/m1/s1. The Kier molecular flexibility index (Phi) is 4.59. The zero-order valence-electron chi connectivity index (χ0n) is 15.1. The van der Waals surface area contributed by atoms with Crippen LogP contribution in [0.4, 0.5) is 5.69 Å². The summed E-state index contributed by atoms with van der Waals surface area (Å²) in [5, 5.41) is 3.54. The Hall–Kier alpha value is -3.21. The molecule has 27 heavy (non-hydrogen) atoms. The molecular formula is C22H20N2O3. The van der Waals surface area contributed by atoms with Crippen molar-refractivity contribution < 1.29 is 14.3 Å². The molecule has 2 aromatic carbocycles. The van der Waals surface area contributed by atoms with Crippen LogP contribution in [-0.2, 0) is 22.4 Å². The van der Waals surface area contributed by atoms with E-state index in [4.69, 9.17) is 4.74 Å². The number of aromatic nitrogens is 1. The van der Waals surface area contributed by atoms with Gasteiger partial charge in [-0.3, -0.25) is 9.78 Å². The Labute approximate surface area is 157 Å². The Morgan fingerprint density at radius 2 is 1.78 bits per heavy atom. The molecular weight excluding hydrogens is 340 g/mol. The molecule has 0 unspecified atom stereocenters. The molecule has 4 rings (SSSR count). The van der Waals surface area contributed by atoms with Gasteiger partial charge in [0.15, 0.2) is 6.10 Å². The number of para-hydroxylation sites is 2. The van der Waals surface area contributed by atoms with E-state index in [1.54, 1.807) is 19.1 Å². The first-order valence-corrected chi connectivity index (χ1v) is 9.11. The fourth-order valence-corrected chi connectivity index (χ4v) is 3.48. The van der Waals surface area contributed by atoms with Crippen molar-refractivity contribution in [1.29, 1.82) is 0 Å². The Balaban J connectivity index is 1.59. The van der Waals surface area contributed by atoms with Gasteiger partial charge >= 0.3 is 5.97 Å². The van der Waals surface area contributed by atoms with E-state index in [2.05, 4.69) is 10.3 Å². The number of fused-ring (bicyclic) bond motifs is 2. The van der Waals surface area contributed by atoms with E-state index in [0.717, 1.165) is 41.4 Å². The number of aryl methyl sites for hydroxylation is 1. The summed E-state index contributed by atoms with van der Waals surface area (Å²) in [7, 11) is 0. The molecule has 0 bridgehead atoms. The molecule has 1 N–H and O–H groups in total. The number of esters is 1. The van der Waals surface area contributed by atoms with Gasteiger partial charge < -0.3 is 10.1 Å². The first kappa shape index (κ1) is 17.2. The summed E-state index contributed by atoms with van der Waals surface area (Å²) in [5.74, 6) is -0.827. The van der Waals surface area contributed by atoms with Gasteiger partial charge in [-0.05, 0) is 49.9 Å². The lowest BCUT2D eigenvalue weighted by atomic mass is 10.0. The number of hydrogen-bond donors (Lipinski definition) is 1. The van der Waals surface area contributed by atoms with Gasteiger partial charge in [0.25, 0.3) is 5.91 Å². The van der Waals surface area contributed by atoms with E-state index in [0.29, 0.717) is 11.3 Å². The van der Waals surface area contributed by atoms with Crippen molar-refractivity contribution in [2.75, 3.05) is 5.32 Å². The highest BCUT2D eigenvalue weighted by Crippen LogP contribution is 2.30. The summed E-state index contributed by atoms with van der Waals surface area (Å²) in [6.45, 7) is 1.58. The molecule has 1 amide bonds. The largest absolute Gasteiger partial charge is 0.449 e. The number of nitrogens with zero attached hydrogens (tertiary/aromatic N) is 1. The van der Waals surface area contributed by atoms with Crippen molar-refractivity contribution in [2.45, 2.75) is 32.3 Å². The summed E-state index contributed by atoms with van der Waals surface area (Å²) in [6, 6.07) is 16.7. The van der Waals surface area contributed by atoms with Crippen molar-refractivity contribution in [1.82, 2.24) is 4.98 Å². The Morgan fingerprint density at radius 3 is 2.59 bits per heavy atom. The van der Waals surface area contributed by atoms with Crippen LogP contribution in [0.2, 0.25) is 0 Å². The highest BCUT2D eigenvalue weighted by atomic mass is 16.5. The van der Waals surface area contributed by atoms with Gasteiger partial charge in [0.2, 0.25) is 0 Å². The van der Waals surface area contributed by atoms with E-state index >= 15 is 0 Å². The Bertz CT molecular complexity index is 1010. The molecule has 1 aromatic heterocycles. The number of amides is 1. The Morgan fingerprint density at radius 1 is 1.04 bits per heavy atom. The van der Waals surface area contributed by atoms with E-state index in [9.17, 15) is 9.59 Å². The predicted octanol–water partition coefficient (Wildman–Crippen LogP) is 3.91. The van der Waals surface area contributed by atoms with Crippen LogP contribution in [0.15, 0.2) is 54.6 Å². The number of carbonyl (C=O) groups is 2. The highest BCUT2D eigenvalue weighted by Gasteiger charge is 2.27. The van der Waals surface area contributed by atoms with Crippen molar-refractivity contribution >= 4 is 28.5 Å². The minimum absolute atomic E-state index is 0.357. The smallest absolute Gasteiger partial charge is 0.339 e. The van der Waals surface area contributed by atoms with Crippen LogP contribution in [0.25, 0.3) is 10.9 Å². The SMILES string of the molecule is C[C@@H](OC(=O)c1c2c(nc3ccccc13)CCC2)C(=O)Nc1ccccc1. The highest BCUT2D eigenvalue weighted by molar-refractivity contribution is 6.06. The molecule has 1 aliphatic carbocycles. The predicted molar refractivity (Wildman–Crippen MR) is 104 cm³/mol. The van der Waals surface area contributed by atoms with Gasteiger partial charge in [-0.2, -0.15) is 0 Å². The van der Waals surface area contributed by atoms with Crippen LogP contribution in [0.5, 0.6) is 0 Å². The van der Waals surface area contributed by atoms with Crippen molar-refractivity contribution in [3.8, 4) is 0 Å². The molecule has 0 aliphatic heterocycles. The topological polar surface area (TPSA) is 68.3 Å². The van der Waals surface area contributed by atoms with Crippen LogP contribution >= 0.6 is 0 Å². The molecule has 1 heterocycles. The monoisotopic (exact) mass is 360 g/mol. The fraction of sp³-hybridized carbons (Fsp3) is 0.227. The first-order chi connectivity index (χ1) is 13.1. The van der Waals surface area contributed by atoms with Crippen LogP contribution in [0, 0.1) is 0 Å². The number of hydrogen-bond acceptors (Lipinski definition) is 4. The van der Waals surface area contributed by atoms with Gasteiger partial charge in [-0.15, -0.1) is 0 Å². The number of ether oxygens (including phenoxy) is 1. The first-order valence-electron chi connectivity index (χ1n) is 9.11. The third-order valence-corrected chi connectivity index (χ3v) is 4.82. The average Bonchev–Trinajstić information content (AvgIpc) is 3.14. The number of nitrogens with one attached hydrogen (secondary N) is 1. The number of rotatable bonds is 4. The van der Waals surface area contributed by atoms with Crippen LogP contribution in [0.3, 0.4) is 0 Å². The minimum Gasteiger partial charge on any atom is -0.449 e. The fourth-order valence-electron chi connectivity index (χ4n) is 3.48. The van der Waals surface area contributed by atoms with Gasteiger partial charge in [-0.25, -0.2) is 4.79 Å². The maximum atomic E-state index is 13.0. The molecule has 0 radical (unpaired) electrons. The van der Waals surface area contributed by atoms with Gasteiger partial charge in [0.05, 0.1) is 11.1 Å². The number of pyridine rings is 1. The molecule has 0 spiro atoms. The molecule has 1 atom stereocenters. The maximum Gasteiger partial charge on any atom is 0.339 e. The van der Waals surface area contributed by atoms with Crippen LogP contribution in [0.1, 0.15) is 35.0 Å². The summed E-state index contributed by atoms with van der Waals surface area (Å²) >= 11 is 0. The van der Waals surface area contributed by atoms with E-state index in [1.807, 2.05) is 42.5 Å². The van der Waals surface area contributed by atoms with Crippen molar-refractivity contribution in [2.24, 2.45) is 0 Å². The third-order valence-electron chi connectivity index (χ3n) is 4.82. The van der Waals surface area contributed by atoms with E-state index in [1.165, 1.54) is 0 Å². The second kappa shape index (κ2) is 7.19. The zero-order chi connectivity index (χ0) is 18.8. The quantitative estimate of drug-likeness (QED) is 0.716. The third kappa shape index (κ3) is 3.40. The van der Waals surface area contributed by atoms with E-state index < -0.39 is 12.1 Å². The summed E-state index contributed by atoms with van der Waals surface area (Å²) < 4.78 is 5.53. The lowest BCUT2D eigenvalue weighted by molar-refractivity contribution is -0.123. The maximum absolute atomic E-state index is 13.0. The molecule has 136 valence electrons. The van der Waals surface area contributed by atoms with Crippen LogP contribution < -0.4 is 5.32 Å². The lowest BCUT2D eigenvalue weighted by Gasteiger charge is -2.16. The molecule has 5 heteroatoms. The second-order valence-corrected chi connectivity index (χ2v) is 6.69. The van der Waals surface area contributed by atoms with Crippen molar-refractivity contribution in [3.63, 3.8) is 0 Å². The summed E-state index contributed by atoms with van der Waals surface area (Å²) in [6.07, 6.45) is 1.75. The molecule has 0 saturated heterocycles. The number of anilines is 1. The van der Waals surface area contributed by atoms with Gasteiger partial charge in [0.1, 0.15) is 0 Å². The van der Waals surface area contributed by atoms with Crippen LogP contribution in [-0.4, -0.2) is 23.0 Å². The summed E-state index contributed by atoms with van der Waals surface area (Å²) in [5.41, 5.74) is 3.91. The average molecular weight is 360 g/mol. The number of benzene rings is 2. The molecule has 3 aromatic rings. The normalized spacial score (nSPS) is 13.8. The van der Waals surface area contributed by atoms with Crippen molar-refractivity contribution in [3.05, 3.63) is 71.4 Å². The molecule has 1 aliphatic rings. The molecule has 0 saturated carbocycles. The molecule has 0 fully saturated rings.